The van der Waals surface area contributed by atoms with Crippen LogP contribution in [-0.4, -0.2) is 37.0 Å². The summed E-state index contributed by atoms with van der Waals surface area (Å²) in [5.41, 5.74) is 1.74. The van der Waals surface area contributed by atoms with E-state index in [1.165, 1.54) is 17.0 Å². The van der Waals surface area contributed by atoms with Gasteiger partial charge in [-0.1, -0.05) is 6.07 Å². The van der Waals surface area contributed by atoms with Gasteiger partial charge in [-0.15, -0.1) is 0 Å². The van der Waals surface area contributed by atoms with Gasteiger partial charge in [-0.3, -0.25) is 9.69 Å². The number of aromatic carboxylic acids is 1. The van der Waals surface area contributed by atoms with Gasteiger partial charge in [-0.2, -0.15) is 0 Å². The molecule has 1 amide bonds. The first kappa shape index (κ1) is 18.2. The van der Waals surface area contributed by atoms with E-state index < -0.39 is 5.97 Å². The van der Waals surface area contributed by atoms with Crippen molar-refractivity contribution in [3.8, 4) is 11.5 Å². The molecule has 2 aromatic carbocycles. The number of carbonyl (C=O) groups is 2. The molecule has 0 aromatic heterocycles. The van der Waals surface area contributed by atoms with Crippen LogP contribution >= 0.6 is 0 Å². The molecule has 1 heterocycles. The van der Waals surface area contributed by atoms with Gasteiger partial charge in [0, 0.05) is 0 Å². The summed E-state index contributed by atoms with van der Waals surface area (Å²) in [4.78, 5) is 29.6. The molecular weight excluding hydrogens is 348 g/mol. The van der Waals surface area contributed by atoms with Crippen LogP contribution in [0.4, 0.5) is 5.69 Å². The second-order valence-corrected chi connectivity index (χ2v) is 5.80. The van der Waals surface area contributed by atoms with Crippen LogP contribution in [0.2, 0.25) is 0 Å². The lowest BCUT2D eigenvalue weighted by molar-refractivity contribution is -0.113. The highest BCUT2D eigenvalue weighted by Gasteiger charge is 2.29. The average Bonchev–Trinajstić information content (AvgIpc) is 2.94. The molecule has 0 unspecified atom stereocenters. The Kier molecular flexibility index (Phi) is 4.94. The number of aliphatic imine (C=N–C) groups is 1. The second kappa shape index (κ2) is 7.33. The number of carboxylic acids is 1. The molecule has 138 valence electrons. The zero-order chi connectivity index (χ0) is 19.6. The predicted octanol–water partition coefficient (Wildman–Crippen LogP) is 3.21. The first-order valence-corrected chi connectivity index (χ1v) is 8.11. The van der Waals surface area contributed by atoms with Gasteiger partial charge in [0.25, 0.3) is 5.91 Å². The van der Waals surface area contributed by atoms with Crippen molar-refractivity contribution < 1.29 is 24.2 Å². The average molecular weight is 366 g/mol. The van der Waals surface area contributed by atoms with E-state index >= 15 is 0 Å². The molecular formula is C20H18N2O5. The molecule has 27 heavy (non-hydrogen) atoms. The third-order valence-corrected chi connectivity index (χ3v) is 4.11. The number of amides is 1. The molecule has 0 atom stereocenters. The van der Waals surface area contributed by atoms with E-state index in [-0.39, 0.29) is 17.2 Å². The van der Waals surface area contributed by atoms with Crippen molar-refractivity contribution in [1.82, 2.24) is 0 Å². The van der Waals surface area contributed by atoms with Crippen molar-refractivity contribution in [1.29, 1.82) is 0 Å². The van der Waals surface area contributed by atoms with Crippen LogP contribution in [0.25, 0.3) is 6.08 Å². The summed E-state index contributed by atoms with van der Waals surface area (Å²) in [7, 11) is 3.10. The summed E-state index contributed by atoms with van der Waals surface area (Å²) in [6.07, 6.45) is 1.67. The van der Waals surface area contributed by atoms with E-state index in [0.717, 1.165) is 5.56 Å². The second-order valence-electron chi connectivity index (χ2n) is 5.80. The van der Waals surface area contributed by atoms with Gasteiger partial charge in [0.15, 0.2) is 11.5 Å². The Labute approximate surface area is 156 Å². The fourth-order valence-electron chi connectivity index (χ4n) is 2.79. The highest BCUT2D eigenvalue weighted by molar-refractivity contribution is 6.28. The number of anilines is 1. The maximum Gasteiger partial charge on any atom is 0.335 e. The number of rotatable bonds is 5. The number of hydrogen-bond donors (Lipinski definition) is 1. The highest BCUT2D eigenvalue weighted by Crippen LogP contribution is 2.30. The lowest BCUT2D eigenvalue weighted by Gasteiger charge is -2.16. The normalized spacial score (nSPS) is 15.1. The van der Waals surface area contributed by atoms with Gasteiger partial charge in [-0.05, 0) is 55.0 Å². The molecule has 1 N–H and O–H groups in total. The number of carbonyl (C=O) groups excluding carboxylic acids is 1. The molecule has 2 aromatic rings. The highest BCUT2D eigenvalue weighted by atomic mass is 16.5. The first-order chi connectivity index (χ1) is 12.9. The molecule has 7 nitrogen and oxygen atoms in total. The number of hydrogen-bond acceptors (Lipinski definition) is 5. The number of carboxylic acid groups (broad SMARTS) is 1. The van der Waals surface area contributed by atoms with Gasteiger partial charge >= 0.3 is 5.97 Å². The standard InChI is InChI=1S/C20H18N2O5/c1-12-21-16(10-13-4-9-17(26-2)18(11-13)27-3)19(23)22(12)15-7-5-14(6-8-15)20(24)25/h4-11H,1-3H3,(H,24,25). The van der Waals surface area contributed by atoms with Crippen LogP contribution in [0, 0.1) is 0 Å². The summed E-state index contributed by atoms with van der Waals surface area (Å²) in [6, 6.07) is 11.4. The van der Waals surface area contributed by atoms with E-state index in [2.05, 4.69) is 4.99 Å². The molecule has 0 saturated carbocycles. The summed E-state index contributed by atoms with van der Waals surface area (Å²) < 4.78 is 10.5. The van der Waals surface area contributed by atoms with E-state index in [9.17, 15) is 9.59 Å². The summed E-state index contributed by atoms with van der Waals surface area (Å²) >= 11 is 0. The van der Waals surface area contributed by atoms with Gasteiger partial charge in [0.2, 0.25) is 0 Å². The minimum absolute atomic E-state index is 0.154. The lowest BCUT2D eigenvalue weighted by atomic mass is 10.1. The number of methoxy groups -OCH3 is 2. The number of nitrogens with zero attached hydrogens (tertiary/aromatic N) is 2. The molecule has 0 saturated heterocycles. The Bertz CT molecular complexity index is 961. The molecule has 0 fully saturated rings. The van der Waals surface area contributed by atoms with Crippen LogP contribution in [0.3, 0.4) is 0 Å². The van der Waals surface area contributed by atoms with E-state index in [1.807, 2.05) is 0 Å². The van der Waals surface area contributed by atoms with Crippen molar-refractivity contribution >= 4 is 29.5 Å². The number of ether oxygens (including phenoxy) is 2. The quantitative estimate of drug-likeness (QED) is 0.821. The third-order valence-electron chi connectivity index (χ3n) is 4.11. The molecule has 0 spiro atoms. The summed E-state index contributed by atoms with van der Waals surface area (Å²) in [5.74, 6) is 0.352. The summed E-state index contributed by atoms with van der Waals surface area (Å²) in [5, 5.41) is 9.00. The molecule has 1 aliphatic rings. The van der Waals surface area contributed by atoms with Gasteiger partial charge < -0.3 is 14.6 Å². The zero-order valence-corrected chi connectivity index (χ0v) is 15.1. The van der Waals surface area contributed by atoms with E-state index in [0.29, 0.717) is 23.0 Å². The maximum atomic E-state index is 12.8. The van der Waals surface area contributed by atoms with Crippen LogP contribution in [0.5, 0.6) is 11.5 Å². The lowest BCUT2D eigenvalue weighted by Crippen LogP contribution is -2.30. The Hall–Kier alpha value is -3.61. The SMILES string of the molecule is COc1ccc(C=C2N=C(C)N(c3ccc(C(=O)O)cc3)C2=O)cc1OC. The van der Waals surface area contributed by atoms with Crippen molar-refractivity contribution in [3.05, 3.63) is 59.3 Å². The zero-order valence-electron chi connectivity index (χ0n) is 15.1. The maximum absolute atomic E-state index is 12.8. The Morgan fingerprint density at radius 1 is 1.07 bits per heavy atom. The molecule has 0 aliphatic carbocycles. The number of benzene rings is 2. The van der Waals surface area contributed by atoms with Crippen molar-refractivity contribution in [2.45, 2.75) is 6.92 Å². The monoisotopic (exact) mass is 366 g/mol. The smallest absolute Gasteiger partial charge is 0.335 e. The molecule has 7 heteroatoms. The topological polar surface area (TPSA) is 88.4 Å². The third kappa shape index (κ3) is 3.52. The van der Waals surface area contributed by atoms with Gasteiger partial charge in [0.05, 0.1) is 25.5 Å². The Balaban J connectivity index is 1.90. The first-order valence-electron chi connectivity index (χ1n) is 8.11. The fourth-order valence-corrected chi connectivity index (χ4v) is 2.79. The van der Waals surface area contributed by atoms with E-state index in [4.69, 9.17) is 14.6 Å². The van der Waals surface area contributed by atoms with Crippen LogP contribution in [-0.2, 0) is 4.79 Å². The minimum atomic E-state index is -1.02. The van der Waals surface area contributed by atoms with Crippen molar-refractivity contribution in [3.63, 3.8) is 0 Å². The largest absolute Gasteiger partial charge is 0.493 e. The number of amidine groups is 1. The Morgan fingerprint density at radius 3 is 2.33 bits per heavy atom. The molecule has 0 bridgehead atoms. The summed E-state index contributed by atoms with van der Waals surface area (Å²) in [6.45, 7) is 1.72. The van der Waals surface area contributed by atoms with Crippen LogP contribution in [0.1, 0.15) is 22.8 Å². The minimum Gasteiger partial charge on any atom is -0.493 e. The fraction of sp³-hybridized carbons (Fsp3) is 0.150. The Morgan fingerprint density at radius 2 is 1.74 bits per heavy atom. The van der Waals surface area contributed by atoms with Crippen molar-refractivity contribution in [2.75, 3.05) is 19.1 Å². The van der Waals surface area contributed by atoms with Gasteiger partial charge in [-0.25, -0.2) is 9.79 Å². The van der Waals surface area contributed by atoms with E-state index in [1.54, 1.807) is 57.6 Å². The van der Waals surface area contributed by atoms with Crippen LogP contribution in [0.15, 0.2) is 53.2 Å². The van der Waals surface area contributed by atoms with Crippen molar-refractivity contribution in [2.24, 2.45) is 4.99 Å². The molecule has 3 rings (SSSR count). The molecule has 1 aliphatic heterocycles. The van der Waals surface area contributed by atoms with Crippen LogP contribution < -0.4 is 14.4 Å². The predicted molar refractivity (Wildman–Crippen MR) is 102 cm³/mol. The van der Waals surface area contributed by atoms with Gasteiger partial charge in [0.1, 0.15) is 11.5 Å². The molecule has 0 radical (unpaired) electrons.